The van der Waals surface area contributed by atoms with E-state index in [0.717, 1.165) is 22.0 Å². The molecular formula is C27H28N4O3S. The maximum absolute atomic E-state index is 13.4. The first-order chi connectivity index (χ1) is 16.8. The van der Waals surface area contributed by atoms with Crippen molar-refractivity contribution in [2.24, 2.45) is 0 Å². The monoisotopic (exact) mass is 488 g/mol. The van der Waals surface area contributed by atoms with Gasteiger partial charge in [-0.15, -0.1) is 10.2 Å². The molecule has 3 aromatic carbocycles. The lowest BCUT2D eigenvalue weighted by atomic mass is 10.0. The van der Waals surface area contributed by atoms with Crippen LogP contribution in [0.4, 0.5) is 11.5 Å². The van der Waals surface area contributed by atoms with Gasteiger partial charge < -0.3 is 10.1 Å². The Morgan fingerprint density at radius 2 is 1.60 bits per heavy atom. The van der Waals surface area contributed by atoms with Crippen molar-refractivity contribution in [1.82, 2.24) is 14.5 Å². The number of sulfonamides is 1. The van der Waals surface area contributed by atoms with Crippen LogP contribution in [-0.2, 0) is 14.8 Å². The Bertz CT molecular complexity index is 1510. The second-order valence-corrected chi connectivity index (χ2v) is 10.8. The van der Waals surface area contributed by atoms with Crippen molar-refractivity contribution in [3.63, 3.8) is 0 Å². The van der Waals surface area contributed by atoms with Crippen molar-refractivity contribution in [1.29, 1.82) is 0 Å². The summed E-state index contributed by atoms with van der Waals surface area (Å²) in [4.78, 5) is 0.292. The quantitative estimate of drug-likeness (QED) is 0.426. The van der Waals surface area contributed by atoms with Crippen LogP contribution in [-0.4, -0.2) is 49.2 Å². The Hall–Kier alpha value is -3.33. The van der Waals surface area contributed by atoms with Crippen LogP contribution < -0.4 is 5.32 Å². The fourth-order valence-electron chi connectivity index (χ4n) is 4.44. The van der Waals surface area contributed by atoms with Gasteiger partial charge in [0.15, 0.2) is 5.82 Å². The first-order valence-electron chi connectivity index (χ1n) is 11.6. The molecule has 1 fully saturated rings. The van der Waals surface area contributed by atoms with E-state index in [-0.39, 0.29) is 0 Å². The van der Waals surface area contributed by atoms with Crippen LogP contribution in [0.3, 0.4) is 0 Å². The lowest BCUT2D eigenvalue weighted by molar-refractivity contribution is 0.0730. The summed E-state index contributed by atoms with van der Waals surface area (Å²) in [5.74, 6) is 0.657. The maximum atomic E-state index is 13.4. The molecule has 35 heavy (non-hydrogen) atoms. The van der Waals surface area contributed by atoms with Gasteiger partial charge in [0.2, 0.25) is 10.0 Å². The summed E-state index contributed by atoms with van der Waals surface area (Å²) >= 11 is 0. The molecule has 0 amide bonds. The number of benzene rings is 3. The smallest absolute Gasteiger partial charge is 0.243 e. The Balaban J connectivity index is 1.58. The van der Waals surface area contributed by atoms with Crippen molar-refractivity contribution in [3.05, 3.63) is 77.4 Å². The molecule has 0 aliphatic carbocycles. The molecule has 0 atom stereocenters. The molecule has 0 bridgehead atoms. The summed E-state index contributed by atoms with van der Waals surface area (Å²) in [6, 6.07) is 19.6. The van der Waals surface area contributed by atoms with Crippen molar-refractivity contribution in [2.45, 2.75) is 25.7 Å². The molecule has 0 radical (unpaired) electrons. The number of morpholine rings is 1. The lowest BCUT2D eigenvalue weighted by Crippen LogP contribution is -2.40. The number of rotatable bonds is 5. The standard InChI is InChI=1S/C27H28N4O3S/c1-18-8-11-24(20(3)16-18)28-27-23-7-5-4-6-22(23)26(29-30-27)21-10-9-19(2)25(17-21)35(32,33)31-12-14-34-15-13-31/h4-11,16-17H,12-15H2,1-3H3,(H,28,30). The average molecular weight is 489 g/mol. The summed E-state index contributed by atoms with van der Waals surface area (Å²) in [6.07, 6.45) is 0. The predicted molar refractivity (Wildman–Crippen MR) is 138 cm³/mol. The number of nitrogens with one attached hydrogen (secondary N) is 1. The average Bonchev–Trinajstić information content (AvgIpc) is 2.87. The van der Waals surface area contributed by atoms with Crippen LogP contribution in [0.25, 0.3) is 22.0 Å². The van der Waals surface area contributed by atoms with Gasteiger partial charge in [-0.3, -0.25) is 0 Å². The number of hydrogen-bond donors (Lipinski definition) is 1. The van der Waals surface area contributed by atoms with Crippen LogP contribution in [0.15, 0.2) is 65.6 Å². The zero-order valence-corrected chi connectivity index (χ0v) is 20.9. The third kappa shape index (κ3) is 4.52. The first kappa shape index (κ1) is 23.4. The maximum Gasteiger partial charge on any atom is 0.243 e. The third-order valence-corrected chi connectivity index (χ3v) is 8.41. The highest BCUT2D eigenvalue weighted by Gasteiger charge is 2.28. The Morgan fingerprint density at radius 1 is 0.857 bits per heavy atom. The summed E-state index contributed by atoms with van der Waals surface area (Å²) in [5, 5.41) is 14.3. The van der Waals surface area contributed by atoms with Gasteiger partial charge in [0.1, 0.15) is 5.69 Å². The highest BCUT2D eigenvalue weighted by molar-refractivity contribution is 7.89. The summed E-state index contributed by atoms with van der Waals surface area (Å²) < 4.78 is 33.6. The lowest BCUT2D eigenvalue weighted by Gasteiger charge is -2.26. The molecule has 180 valence electrons. The van der Waals surface area contributed by atoms with Gasteiger partial charge >= 0.3 is 0 Å². The minimum absolute atomic E-state index is 0.292. The van der Waals surface area contributed by atoms with Crippen LogP contribution in [0.2, 0.25) is 0 Å². The van der Waals surface area contributed by atoms with Crippen LogP contribution in [0, 0.1) is 20.8 Å². The Morgan fingerprint density at radius 3 is 2.34 bits per heavy atom. The van der Waals surface area contributed by atoms with Crippen LogP contribution in [0.1, 0.15) is 16.7 Å². The SMILES string of the molecule is Cc1ccc(Nc2nnc(-c3ccc(C)c(S(=O)(=O)N4CCOCC4)c3)c3ccccc23)c(C)c1. The largest absolute Gasteiger partial charge is 0.379 e. The molecule has 7 nitrogen and oxygen atoms in total. The van der Waals surface area contributed by atoms with Crippen molar-refractivity contribution in [2.75, 3.05) is 31.6 Å². The van der Waals surface area contributed by atoms with Crippen molar-refractivity contribution >= 4 is 32.3 Å². The molecule has 1 aromatic heterocycles. The molecule has 1 saturated heterocycles. The second kappa shape index (κ2) is 9.37. The fraction of sp³-hybridized carbons (Fsp3) is 0.259. The van der Waals surface area contributed by atoms with Gasteiger partial charge in [-0.25, -0.2) is 8.42 Å². The van der Waals surface area contributed by atoms with E-state index in [0.29, 0.717) is 53.8 Å². The number of anilines is 2. The molecule has 1 aliphatic rings. The Labute approximate surface area is 205 Å². The normalized spacial score (nSPS) is 14.8. The molecule has 0 spiro atoms. The van der Waals surface area contributed by atoms with E-state index in [4.69, 9.17) is 4.74 Å². The zero-order chi connectivity index (χ0) is 24.6. The minimum atomic E-state index is -3.64. The van der Waals surface area contributed by atoms with Crippen molar-refractivity contribution < 1.29 is 13.2 Å². The van der Waals surface area contributed by atoms with Gasteiger partial charge in [-0.1, -0.05) is 54.1 Å². The number of ether oxygens (including phenoxy) is 1. The van der Waals surface area contributed by atoms with Crippen molar-refractivity contribution in [3.8, 4) is 11.3 Å². The predicted octanol–water partition coefficient (Wildman–Crippen LogP) is 4.99. The van der Waals surface area contributed by atoms with Gasteiger partial charge in [-0.2, -0.15) is 4.31 Å². The molecule has 4 aromatic rings. The highest BCUT2D eigenvalue weighted by Crippen LogP contribution is 2.34. The summed E-state index contributed by atoms with van der Waals surface area (Å²) in [6.45, 7) is 7.46. The van der Waals surface area contributed by atoms with E-state index >= 15 is 0 Å². The molecule has 2 heterocycles. The molecule has 0 unspecified atom stereocenters. The Kier molecular flexibility index (Phi) is 6.27. The number of hydrogen-bond acceptors (Lipinski definition) is 6. The summed E-state index contributed by atoms with van der Waals surface area (Å²) in [7, 11) is -3.64. The van der Waals surface area contributed by atoms with Crippen LogP contribution in [0.5, 0.6) is 0 Å². The van der Waals surface area contributed by atoms with Gasteiger partial charge in [0.05, 0.1) is 18.1 Å². The molecule has 1 aliphatic heterocycles. The van der Waals surface area contributed by atoms with E-state index in [2.05, 4.69) is 41.5 Å². The number of aryl methyl sites for hydroxylation is 3. The van der Waals surface area contributed by atoms with E-state index in [1.165, 1.54) is 9.87 Å². The van der Waals surface area contributed by atoms with Crippen LogP contribution >= 0.6 is 0 Å². The van der Waals surface area contributed by atoms with E-state index in [1.54, 1.807) is 6.07 Å². The molecular weight excluding hydrogens is 460 g/mol. The van der Waals surface area contributed by atoms with Gasteiger partial charge in [0.25, 0.3) is 0 Å². The fourth-order valence-corrected chi connectivity index (χ4v) is 6.10. The van der Waals surface area contributed by atoms with E-state index in [9.17, 15) is 8.42 Å². The van der Waals surface area contributed by atoms with Gasteiger partial charge in [0, 0.05) is 35.1 Å². The zero-order valence-electron chi connectivity index (χ0n) is 20.1. The van der Waals surface area contributed by atoms with Gasteiger partial charge in [-0.05, 0) is 44.0 Å². The number of aromatic nitrogens is 2. The topological polar surface area (TPSA) is 84.4 Å². The first-order valence-corrected chi connectivity index (χ1v) is 13.1. The van der Waals surface area contributed by atoms with E-state index < -0.39 is 10.0 Å². The summed E-state index contributed by atoms with van der Waals surface area (Å²) in [5.41, 5.74) is 5.34. The highest BCUT2D eigenvalue weighted by atomic mass is 32.2. The van der Waals surface area contributed by atoms with E-state index in [1.807, 2.05) is 49.4 Å². The molecule has 5 rings (SSSR count). The molecule has 1 N–H and O–H groups in total. The molecule has 0 saturated carbocycles. The third-order valence-electron chi connectivity index (χ3n) is 6.37. The second-order valence-electron chi connectivity index (χ2n) is 8.88. The minimum Gasteiger partial charge on any atom is -0.379 e. The number of nitrogens with zero attached hydrogens (tertiary/aromatic N) is 3. The number of fused-ring (bicyclic) bond motifs is 1. The molecule has 8 heteroatoms.